The molecule has 1 fully saturated rings. The second kappa shape index (κ2) is 3.37. The maximum absolute atomic E-state index is 12.7. The summed E-state index contributed by atoms with van der Waals surface area (Å²) in [5.41, 5.74) is 0. The SMILES string of the molecule is O=C(O)CC1CCCC(F)(F)C1. The van der Waals surface area contributed by atoms with Crippen LogP contribution in [0.2, 0.25) is 0 Å². The first-order valence-electron chi connectivity index (χ1n) is 4.09. The van der Waals surface area contributed by atoms with Gasteiger partial charge in [-0.05, 0) is 18.8 Å². The second-order valence-electron chi connectivity index (χ2n) is 3.42. The quantitative estimate of drug-likeness (QED) is 0.704. The van der Waals surface area contributed by atoms with E-state index in [-0.39, 0.29) is 25.2 Å². The van der Waals surface area contributed by atoms with Gasteiger partial charge < -0.3 is 5.11 Å². The van der Waals surface area contributed by atoms with Gasteiger partial charge in [0, 0.05) is 19.3 Å². The maximum atomic E-state index is 12.7. The molecule has 0 spiro atoms. The first-order chi connectivity index (χ1) is 5.49. The highest BCUT2D eigenvalue weighted by atomic mass is 19.3. The Bertz CT molecular complexity index is 180. The van der Waals surface area contributed by atoms with E-state index in [0.29, 0.717) is 12.8 Å². The zero-order valence-corrected chi connectivity index (χ0v) is 6.72. The topological polar surface area (TPSA) is 37.3 Å². The zero-order chi connectivity index (χ0) is 9.19. The number of halogens is 2. The monoisotopic (exact) mass is 178 g/mol. The molecule has 1 atom stereocenters. The number of carboxylic acids is 1. The standard InChI is InChI=1S/C8H12F2O2/c9-8(10)3-1-2-6(5-8)4-7(11)12/h6H,1-5H2,(H,11,12). The van der Waals surface area contributed by atoms with Crippen molar-refractivity contribution in [1.29, 1.82) is 0 Å². The lowest BCUT2D eigenvalue weighted by Crippen LogP contribution is -2.27. The normalized spacial score (nSPS) is 28.3. The van der Waals surface area contributed by atoms with Crippen molar-refractivity contribution in [3.63, 3.8) is 0 Å². The Morgan fingerprint density at radius 1 is 1.58 bits per heavy atom. The minimum atomic E-state index is -2.63. The summed E-state index contributed by atoms with van der Waals surface area (Å²) >= 11 is 0. The molecule has 1 N–H and O–H groups in total. The minimum absolute atomic E-state index is 0.0802. The summed E-state index contributed by atoms with van der Waals surface area (Å²) < 4.78 is 25.4. The molecule has 1 unspecified atom stereocenters. The summed E-state index contributed by atoms with van der Waals surface area (Å²) in [6, 6.07) is 0. The highest BCUT2D eigenvalue weighted by Crippen LogP contribution is 2.37. The largest absolute Gasteiger partial charge is 0.481 e. The molecule has 0 aromatic carbocycles. The molecule has 12 heavy (non-hydrogen) atoms. The van der Waals surface area contributed by atoms with Gasteiger partial charge in [-0.15, -0.1) is 0 Å². The summed E-state index contributed by atoms with van der Waals surface area (Å²) in [4.78, 5) is 10.2. The molecule has 2 nitrogen and oxygen atoms in total. The van der Waals surface area contributed by atoms with Crippen LogP contribution < -0.4 is 0 Å². The Morgan fingerprint density at radius 3 is 2.75 bits per heavy atom. The number of carbonyl (C=O) groups is 1. The molecule has 4 heteroatoms. The molecule has 0 aromatic heterocycles. The molecule has 0 aliphatic heterocycles. The van der Waals surface area contributed by atoms with E-state index in [4.69, 9.17) is 5.11 Å². The molecule has 70 valence electrons. The zero-order valence-electron chi connectivity index (χ0n) is 6.72. The number of alkyl halides is 2. The van der Waals surface area contributed by atoms with Crippen LogP contribution >= 0.6 is 0 Å². The van der Waals surface area contributed by atoms with E-state index in [1.165, 1.54) is 0 Å². The summed E-state index contributed by atoms with van der Waals surface area (Å²) in [6.07, 6.45) is 0.630. The second-order valence-corrected chi connectivity index (χ2v) is 3.42. The van der Waals surface area contributed by atoms with Gasteiger partial charge in [-0.2, -0.15) is 0 Å². The molecule has 0 heterocycles. The predicted molar refractivity (Wildman–Crippen MR) is 39.2 cm³/mol. The third kappa shape index (κ3) is 2.75. The average molecular weight is 178 g/mol. The van der Waals surface area contributed by atoms with Gasteiger partial charge in [0.1, 0.15) is 0 Å². The molecule has 1 rings (SSSR count). The molecule has 1 saturated carbocycles. The summed E-state index contributed by atoms with van der Waals surface area (Å²) in [5, 5.41) is 8.39. The van der Waals surface area contributed by atoms with E-state index in [1.54, 1.807) is 0 Å². The Morgan fingerprint density at radius 2 is 2.25 bits per heavy atom. The van der Waals surface area contributed by atoms with E-state index >= 15 is 0 Å². The van der Waals surface area contributed by atoms with Crippen LogP contribution in [0, 0.1) is 5.92 Å². The van der Waals surface area contributed by atoms with Crippen molar-refractivity contribution in [2.45, 2.75) is 38.0 Å². The number of carboxylic acid groups (broad SMARTS) is 1. The fourth-order valence-electron chi connectivity index (χ4n) is 1.70. The Kier molecular flexibility index (Phi) is 2.65. The summed E-state index contributed by atoms with van der Waals surface area (Å²) in [5.74, 6) is -3.93. The Balaban J connectivity index is 2.41. The van der Waals surface area contributed by atoms with Crippen LogP contribution in [0.25, 0.3) is 0 Å². The Labute approximate surface area is 69.6 Å². The molecule has 0 aromatic rings. The first kappa shape index (κ1) is 9.42. The maximum Gasteiger partial charge on any atom is 0.303 e. The van der Waals surface area contributed by atoms with Crippen LogP contribution in [0.1, 0.15) is 32.1 Å². The highest BCUT2D eigenvalue weighted by molar-refractivity contribution is 5.67. The predicted octanol–water partition coefficient (Wildman–Crippen LogP) is 2.29. The minimum Gasteiger partial charge on any atom is -0.481 e. The van der Waals surface area contributed by atoms with Crippen LogP contribution in [-0.2, 0) is 4.79 Å². The van der Waals surface area contributed by atoms with E-state index in [2.05, 4.69) is 0 Å². The van der Waals surface area contributed by atoms with Crippen LogP contribution in [-0.4, -0.2) is 17.0 Å². The fraction of sp³-hybridized carbons (Fsp3) is 0.875. The first-order valence-corrected chi connectivity index (χ1v) is 4.09. The van der Waals surface area contributed by atoms with Crippen molar-refractivity contribution in [2.75, 3.05) is 0 Å². The van der Waals surface area contributed by atoms with Gasteiger partial charge >= 0.3 is 5.97 Å². The molecule has 0 saturated heterocycles. The lowest BCUT2D eigenvalue weighted by atomic mass is 9.84. The summed E-state index contributed by atoms with van der Waals surface area (Å²) in [6.45, 7) is 0. The van der Waals surface area contributed by atoms with Crippen molar-refractivity contribution in [2.24, 2.45) is 5.92 Å². The highest BCUT2D eigenvalue weighted by Gasteiger charge is 2.36. The lowest BCUT2D eigenvalue weighted by molar-refractivity contribution is -0.139. The summed E-state index contributed by atoms with van der Waals surface area (Å²) in [7, 11) is 0. The van der Waals surface area contributed by atoms with Gasteiger partial charge in [0.05, 0.1) is 0 Å². The van der Waals surface area contributed by atoms with Gasteiger partial charge in [-0.25, -0.2) is 8.78 Å². The van der Waals surface area contributed by atoms with Crippen LogP contribution in [0.3, 0.4) is 0 Å². The molecular formula is C8H12F2O2. The van der Waals surface area contributed by atoms with Crippen molar-refractivity contribution < 1.29 is 18.7 Å². The fourth-order valence-corrected chi connectivity index (χ4v) is 1.70. The Hall–Kier alpha value is -0.670. The van der Waals surface area contributed by atoms with Gasteiger partial charge in [-0.3, -0.25) is 4.79 Å². The third-order valence-corrected chi connectivity index (χ3v) is 2.21. The van der Waals surface area contributed by atoms with Gasteiger partial charge in [-0.1, -0.05) is 0 Å². The van der Waals surface area contributed by atoms with Crippen LogP contribution in [0.4, 0.5) is 8.78 Å². The van der Waals surface area contributed by atoms with Crippen molar-refractivity contribution in [3.05, 3.63) is 0 Å². The van der Waals surface area contributed by atoms with Crippen molar-refractivity contribution >= 4 is 5.97 Å². The molecule has 1 aliphatic rings. The molecule has 1 aliphatic carbocycles. The molecule has 0 bridgehead atoms. The van der Waals surface area contributed by atoms with Gasteiger partial charge in [0.15, 0.2) is 0 Å². The number of aliphatic carboxylic acids is 1. The smallest absolute Gasteiger partial charge is 0.303 e. The van der Waals surface area contributed by atoms with E-state index in [1.807, 2.05) is 0 Å². The van der Waals surface area contributed by atoms with E-state index < -0.39 is 11.9 Å². The van der Waals surface area contributed by atoms with Gasteiger partial charge in [0.2, 0.25) is 5.92 Å². The lowest BCUT2D eigenvalue weighted by Gasteiger charge is -2.27. The molecular weight excluding hydrogens is 166 g/mol. The van der Waals surface area contributed by atoms with Crippen molar-refractivity contribution in [3.8, 4) is 0 Å². The average Bonchev–Trinajstić information content (AvgIpc) is 1.82. The van der Waals surface area contributed by atoms with Crippen LogP contribution in [0.15, 0.2) is 0 Å². The van der Waals surface area contributed by atoms with Crippen LogP contribution in [0.5, 0.6) is 0 Å². The van der Waals surface area contributed by atoms with E-state index in [9.17, 15) is 13.6 Å². The number of rotatable bonds is 2. The van der Waals surface area contributed by atoms with E-state index in [0.717, 1.165) is 0 Å². The molecule has 0 radical (unpaired) electrons. The van der Waals surface area contributed by atoms with Crippen molar-refractivity contribution in [1.82, 2.24) is 0 Å². The number of hydrogen-bond acceptors (Lipinski definition) is 1. The number of hydrogen-bond donors (Lipinski definition) is 1. The van der Waals surface area contributed by atoms with Gasteiger partial charge in [0.25, 0.3) is 0 Å². The molecule has 0 amide bonds. The third-order valence-electron chi connectivity index (χ3n) is 2.21.